The van der Waals surface area contributed by atoms with E-state index in [1.165, 1.54) is 44.2 Å². The van der Waals surface area contributed by atoms with E-state index in [1.54, 1.807) is 0 Å². The van der Waals surface area contributed by atoms with Crippen LogP contribution >= 0.6 is 0 Å². The second-order valence-corrected chi connectivity index (χ2v) is 16.1. The molecule has 0 saturated heterocycles. The average Bonchev–Trinajstić information content (AvgIpc) is 3.90. The lowest BCUT2D eigenvalue weighted by atomic mass is 9.82. The van der Waals surface area contributed by atoms with Gasteiger partial charge in [-0.3, -0.25) is 4.57 Å². The van der Waals surface area contributed by atoms with Gasteiger partial charge in [-0.25, -0.2) is 4.98 Å². The van der Waals surface area contributed by atoms with E-state index in [-0.39, 0.29) is 5.41 Å². The molecule has 0 amide bonds. The van der Waals surface area contributed by atoms with Gasteiger partial charge in [0.1, 0.15) is 0 Å². The Hall–Kier alpha value is -7.63. The Labute approximate surface area is 341 Å². The van der Waals surface area contributed by atoms with Crippen molar-refractivity contribution >= 4 is 43.6 Å². The lowest BCUT2D eigenvalue weighted by Crippen LogP contribution is -2.15. The molecule has 0 saturated carbocycles. The molecule has 12 rings (SSSR count). The first-order valence-electron chi connectivity index (χ1n) is 20.2. The van der Waals surface area contributed by atoms with Crippen LogP contribution in [0.25, 0.3) is 100 Å². The fraction of sp³-hybridized carbons (Fsp3) is 0.0556. The summed E-state index contributed by atoms with van der Waals surface area (Å²) in [5, 5.41) is 4.64. The molecular formula is C54H37N5. The van der Waals surface area contributed by atoms with Gasteiger partial charge in [0.2, 0.25) is 5.95 Å². The molecule has 0 N–H and O–H groups in total. The SMILES string of the molecule is CC1(C)c2ccccc2-c2ccc(-c3nc(-c4ccccc4)nc(-n4c5ccccc5c5ccc6c7ccccc7n(-c7ccc(-c8ccccc8)cc7)c6c54)n3)cc21. The first-order valence-corrected chi connectivity index (χ1v) is 20.2. The molecular weight excluding hydrogens is 719 g/mol. The highest BCUT2D eigenvalue weighted by Gasteiger charge is 2.35. The molecule has 278 valence electrons. The molecule has 5 nitrogen and oxygen atoms in total. The van der Waals surface area contributed by atoms with E-state index < -0.39 is 0 Å². The number of fused-ring (bicyclic) bond motifs is 10. The lowest BCUT2D eigenvalue weighted by Gasteiger charge is -2.21. The summed E-state index contributed by atoms with van der Waals surface area (Å²) in [5.74, 6) is 1.84. The fourth-order valence-corrected chi connectivity index (χ4v) is 9.56. The van der Waals surface area contributed by atoms with Crippen LogP contribution in [0.1, 0.15) is 25.0 Å². The molecule has 1 aliphatic rings. The molecule has 0 fully saturated rings. The van der Waals surface area contributed by atoms with Crippen LogP contribution in [0.15, 0.2) is 188 Å². The third kappa shape index (κ3) is 5.01. The number of hydrogen-bond acceptors (Lipinski definition) is 3. The van der Waals surface area contributed by atoms with Crippen LogP contribution in [0.3, 0.4) is 0 Å². The van der Waals surface area contributed by atoms with Crippen LogP contribution in [0, 0.1) is 0 Å². The zero-order valence-electron chi connectivity index (χ0n) is 32.6. The predicted molar refractivity (Wildman–Crippen MR) is 242 cm³/mol. The Kier molecular flexibility index (Phi) is 7.20. The Morgan fingerprint density at radius 1 is 0.373 bits per heavy atom. The van der Waals surface area contributed by atoms with Gasteiger partial charge in [0.05, 0.1) is 22.1 Å². The molecule has 3 aromatic heterocycles. The Morgan fingerprint density at radius 2 is 0.881 bits per heavy atom. The molecule has 5 heteroatoms. The lowest BCUT2D eigenvalue weighted by molar-refractivity contribution is 0.660. The first kappa shape index (κ1) is 33.5. The number of aromatic nitrogens is 5. The van der Waals surface area contributed by atoms with E-state index in [0.717, 1.165) is 49.7 Å². The van der Waals surface area contributed by atoms with Crippen molar-refractivity contribution in [2.45, 2.75) is 19.3 Å². The van der Waals surface area contributed by atoms with E-state index in [4.69, 9.17) is 15.0 Å². The van der Waals surface area contributed by atoms with Crippen molar-refractivity contribution in [2.24, 2.45) is 0 Å². The zero-order valence-corrected chi connectivity index (χ0v) is 32.6. The van der Waals surface area contributed by atoms with E-state index in [2.05, 4.69) is 193 Å². The summed E-state index contributed by atoms with van der Waals surface area (Å²) in [4.78, 5) is 16.0. The molecule has 0 unspecified atom stereocenters. The van der Waals surface area contributed by atoms with Gasteiger partial charge < -0.3 is 4.57 Å². The number of nitrogens with zero attached hydrogens (tertiary/aromatic N) is 5. The first-order chi connectivity index (χ1) is 29.0. The topological polar surface area (TPSA) is 48.5 Å². The number of hydrogen-bond donors (Lipinski definition) is 0. The van der Waals surface area contributed by atoms with E-state index in [9.17, 15) is 0 Å². The molecule has 0 spiro atoms. The van der Waals surface area contributed by atoms with E-state index in [0.29, 0.717) is 17.6 Å². The normalized spacial score (nSPS) is 13.1. The largest absolute Gasteiger partial charge is 0.307 e. The molecule has 11 aromatic rings. The summed E-state index contributed by atoms with van der Waals surface area (Å²) in [7, 11) is 0. The van der Waals surface area contributed by atoms with Crippen molar-refractivity contribution in [1.29, 1.82) is 0 Å². The number of rotatable bonds is 5. The van der Waals surface area contributed by atoms with Crippen LogP contribution in [0.4, 0.5) is 0 Å². The van der Waals surface area contributed by atoms with Gasteiger partial charge in [0.25, 0.3) is 0 Å². The van der Waals surface area contributed by atoms with Crippen molar-refractivity contribution in [2.75, 3.05) is 0 Å². The van der Waals surface area contributed by atoms with Gasteiger partial charge in [-0.05, 0) is 63.7 Å². The summed E-state index contributed by atoms with van der Waals surface area (Å²) < 4.78 is 4.68. The highest BCUT2D eigenvalue weighted by molar-refractivity contribution is 6.23. The maximum Gasteiger partial charge on any atom is 0.238 e. The molecule has 59 heavy (non-hydrogen) atoms. The number of benzene rings is 8. The molecule has 1 aliphatic carbocycles. The van der Waals surface area contributed by atoms with Gasteiger partial charge in [-0.2, -0.15) is 9.97 Å². The molecule has 8 aromatic carbocycles. The standard InChI is InChI=1S/C54H37N5/c1-54(2)45-22-12-9-19-39(45)40-30-27-37(33-46(40)54)52-55-51(36-17-7-4-8-18-36)56-53(57-52)59-48-24-14-11-21-42(48)44-32-31-43-41-20-10-13-23-47(41)58(49(43)50(44)59)38-28-25-35(26-29-38)34-15-5-3-6-16-34/h3-33H,1-2H3. The van der Waals surface area contributed by atoms with Crippen molar-refractivity contribution in [3.8, 4) is 56.7 Å². The van der Waals surface area contributed by atoms with Gasteiger partial charge in [-0.15, -0.1) is 0 Å². The highest BCUT2D eigenvalue weighted by atomic mass is 15.2. The number of para-hydroxylation sites is 2. The highest BCUT2D eigenvalue weighted by Crippen LogP contribution is 2.49. The average molecular weight is 756 g/mol. The summed E-state index contributed by atoms with van der Waals surface area (Å²) in [6.45, 7) is 4.63. The van der Waals surface area contributed by atoms with E-state index in [1.807, 2.05) is 18.2 Å². The van der Waals surface area contributed by atoms with E-state index >= 15 is 0 Å². The molecule has 0 bridgehead atoms. The fourth-order valence-electron chi connectivity index (χ4n) is 9.56. The predicted octanol–water partition coefficient (Wildman–Crippen LogP) is 13.4. The van der Waals surface area contributed by atoms with Gasteiger partial charge in [0, 0.05) is 43.8 Å². The second kappa shape index (κ2) is 12.7. The maximum absolute atomic E-state index is 5.43. The van der Waals surface area contributed by atoms with Gasteiger partial charge in [0.15, 0.2) is 11.6 Å². The second-order valence-electron chi connectivity index (χ2n) is 16.1. The van der Waals surface area contributed by atoms with Crippen molar-refractivity contribution < 1.29 is 0 Å². The minimum atomic E-state index is -0.162. The van der Waals surface area contributed by atoms with Crippen LogP contribution < -0.4 is 0 Å². The zero-order chi connectivity index (χ0) is 39.2. The summed E-state index contributed by atoms with van der Waals surface area (Å²) in [5.41, 5.74) is 14.7. The minimum Gasteiger partial charge on any atom is -0.307 e. The van der Waals surface area contributed by atoms with Gasteiger partial charge >= 0.3 is 0 Å². The molecule has 0 aliphatic heterocycles. The summed E-state index contributed by atoms with van der Waals surface area (Å²) in [6.07, 6.45) is 0. The summed E-state index contributed by atoms with van der Waals surface area (Å²) >= 11 is 0. The van der Waals surface area contributed by atoms with Crippen molar-refractivity contribution in [1.82, 2.24) is 24.1 Å². The molecule has 0 radical (unpaired) electrons. The maximum atomic E-state index is 5.43. The summed E-state index contributed by atoms with van der Waals surface area (Å²) in [6, 6.07) is 67.1. The van der Waals surface area contributed by atoms with Crippen LogP contribution in [-0.4, -0.2) is 24.1 Å². The Morgan fingerprint density at radius 3 is 1.58 bits per heavy atom. The van der Waals surface area contributed by atoms with Gasteiger partial charge in [-0.1, -0.05) is 172 Å². The molecule has 3 heterocycles. The minimum absolute atomic E-state index is 0.162. The van der Waals surface area contributed by atoms with Crippen molar-refractivity contribution in [3.05, 3.63) is 199 Å². The third-order valence-corrected chi connectivity index (χ3v) is 12.4. The van der Waals surface area contributed by atoms with Crippen LogP contribution in [0.2, 0.25) is 0 Å². The van der Waals surface area contributed by atoms with Crippen LogP contribution in [0.5, 0.6) is 0 Å². The Bertz CT molecular complexity index is 3450. The monoisotopic (exact) mass is 755 g/mol. The molecule has 0 atom stereocenters. The third-order valence-electron chi connectivity index (χ3n) is 12.4. The Balaban J connectivity index is 1.15. The quantitative estimate of drug-likeness (QED) is 0.176. The smallest absolute Gasteiger partial charge is 0.238 e. The van der Waals surface area contributed by atoms with Crippen molar-refractivity contribution in [3.63, 3.8) is 0 Å². The van der Waals surface area contributed by atoms with Crippen LogP contribution in [-0.2, 0) is 5.41 Å².